The van der Waals surface area contributed by atoms with Gasteiger partial charge in [0, 0.05) is 0 Å². The second-order valence-corrected chi connectivity index (χ2v) is 5.04. The Morgan fingerprint density at radius 1 is 1.29 bits per heavy atom. The van der Waals surface area contributed by atoms with Crippen LogP contribution >= 0.6 is 0 Å². The number of aryl methyl sites for hydroxylation is 2. The molecule has 0 spiro atoms. The van der Waals surface area contributed by atoms with Gasteiger partial charge in [-0.1, -0.05) is 33.6 Å². The van der Waals surface area contributed by atoms with Crippen molar-refractivity contribution in [2.24, 2.45) is 5.92 Å². The molecular weight excluding hydrogens is 210 g/mol. The second-order valence-electron chi connectivity index (χ2n) is 5.04. The third-order valence-corrected chi connectivity index (χ3v) is 3.50. The number of rotatable bonds is 7. The minimum atomic E-state index is 0.360. The highest BCUT2D eigenvalue weighted by molar-refractivity contribution is 5.21. The molecule has 1 N–H and O–H groups in total. The molecule has 0 amide bonds. The molecule has 98 valence electrons. The first-order valence-corrected chi connectivity index (χ1v) is 6.90. The van der Waals surface area contributed by atoms with Gasteiger partial charge in [-0.15, -0.1) is 0 Å². The van der Waals surface area contributed by atoms with E-state index in [9.17, 15) is 0 Å². The molecule has 2 unspecified atom stereocenters. The van der Waals surface area contributed by atoms with Crippen LogP contribution < -0.4 is 5.32 Å². The Morgan fingerprint density at radius 2 is 2.00 bits per heavy atom. The smallest absolute Gasteiger partial charge is 0.121 e. The summed E-state index contributed by atoms with van der Waals surface area (Å²) < 4.78 is 5.87. The maximum absolute atomic E-state index is 5.87. The number of unbranched alkanes of at least 4 members (excludes halogenated alkanes) is 1. The molecule has 0 fully saturated rings. The van der Waals surface area contributed by atoms with Crippen LogP contribution in [0, 0.1) is 19.8 Å². The first-order valence-electron chi connectivity index (χ1n) is 6.90. The van der Waals surface area contributed by atoms with E-state index in [0.717, 1.165) is 18.1 Å². The Kier molecular flexibility index (Phi) is 5.76. The Bertz CT molecular complexity index is 310. The quantitative estimate of drug-likeness (QED) is 0.761. The fraction of sp³-hybridized carbons (Fsp3) is 0.733. The van der Waals surface area contributed by atoms with Gasteiger partial charge in [0.2, 0.25) is 0 Å². The summed E-state index contributed by atoms with van der Waals surface area (Å²) in [6.45, 7) is 11.9. The summed E-state index contributed by atoms with van der Waals surface area (Å²) >= 11 is 0. The van der Waals surface area contributed by atoms with E-state index in [1.54, 1.807) is 0 Å². The van der Waals surface area contributed by atoms with E-state index in [1.807, 2.05) is 6.92 Å². The summed E-state index contributed by atoms with van der Waals surface area (Å²) in [7, 11) is 0. The van der Waals surface area contributed by atoms with E-state index in [4.69, 9.17) is 4.42 Å². The van der Waals surface area contributed by atoms with Crippen molar-refractivity contribution in [1.29, 1.82) is 0 Å². The topological polar surface area (TPSA) is 25.2 Å². The van der Waals surface area contributed by atoms with Crippen molar-refractivity contribution in [3.05, 3.63) is 23.2 Å². The lowest BCUT2D eigenvalue weighted by atomic mass is 9.94. The normalized spacial score (nSPS) is 14.9. The molecule has 17 heavy (non-hydrogen) atoms. The molecule has 2 nitrogen and oxygen atoms in total. The number of furan rings is 1. The third-order valence-electron chi connectivity index (χ3n) is 3.50. The molecule has 2 heteroatoms. The second kappa shape index (κ2) is 6.85. The first kappa shape index (κ1) is 14.3. The average Bonchev–Trinajstić information content (AvgIpc) is 2.63. The summed E-state index contributed by atoms with van der Waals surface area (Å²) in [5.41, 5.74) is 1.26. The Balaban J connectivity index is 2.77. The molecule has 1 aromatic heterocycles. The summed E-state index contributed by atoms with van der Waals surface area (Å²) in [5.74, 6) is 2.77. The summed E-state index contributed by atoms with van der Waals surface area (Å²) in [4.78, 5) is 0. The standard InChI is InChI=1S/C15H27NO/c1-6-8-9-11(3)15(16-7-2)14-10-12(4)13(5)17-14/h10-11,15-16H,6-9H2,1-5H3. The van der Waals surface area contributed by atoms with Gasteiger partial charge in [0.1, 0.15) is 11.5 Å². The third kappa shape index (κ3) is 3.88. The number of hydrogen-bond acceptors (Lipinski definition) is 2. The molecule has 0 radical (unpaired) electrons. The van der Waals surface area contributed by atoms with E-state index in [2.05, 4.69) is 39.1 Å². The van der Waals surface area contributed by atoms with Gasteiger partial charge in [0.05, 0.1) is 6.04 Å². The SMILES string of the molecule is CCCCC(C)C(NCC)c1cc(C)c(C)o1. The highest BCUT2D eigenvalue weighted by atomic mass is 16.3. The molecule has 1 heterocycles. The molecule has 0 bridgehead atoms. The zero-order valence-corrected chi connectivity index (χ0v) is 12.0. The fourth-order valence-corrected chi connectivity index (χ4v) is 2.25. The van der Waals surface area contributed by atoms with Crippen LogP contribution in [0.5, 0.6) is 0 Å². The summed E-state index contributed by atoms with van der Waals surface area (Å²) in [6.07, 6.45) is 3.81. The van der Waals surface area contributed by atoms with Crippen molar-refractivity contribution in [3.63, 3.8) is 0 Å². The van der Waals surface area contributed by atoms with E-state index in [1.165, 1.54) is 24.8 Å². The van der Waals surface area contributed by atoms with Crippen molar-refractivity contribution in [2.45, 2.75) is 59.9 Å². The van der Waals surface area contributed by atoms with Crippen molar-refractivity contribution in [3.8, 4) is 0 Å². The number of nitrogens with one attached hydrogen (secondary N) is 1. The minimum absolute atomic E-state index is 0.360. The molecule has 1 aromatic rings. The van der Waals surface area contributed by atoms with Gasteiger partial charge in [-0.25, -0.2) is 0 Å². The summed E-state index contributed by atoms with van der Waals surface area (Å²) in [5, 5.41) is 3.55. The van der Waals surface area contributed by atoms with Gasteiger partial charge in [0.15, 0.2) is 0 Å². The van der Waals surface area contributed by atoms with E-state index < -0.39 is 0 Å². The Labute approximate surface area is 106 Å². The Hall–Kier alpha value is -0.760. The van der Waals surface area contributed by atoms with Crippen LogP contribution in [-0.4, -0.2) is 6.54 Å². The van der Waals surface area contributed by atoms with Crippen molar-refractivity contribution in [1.82, 2.24) is 5.32 Å². The van der Waals surface area contributed by atoms with E-state index in [0.29, 0.717) is 12.0 Å². The zero-order valence-electron chi connectivity index (χ0n) is 12.0. The molecule has 1 rings (SSSR count). The van der Waals surface area contributed by atoms with Gasteiger partial charge in [0.25, 0.3) is 0 Å². The van der Waals surface area contributed by atoms with Crippen LogP contribution in [0.25, 0.3) is 0 Å². The van der Waals surface area contributed by atoms with Gasteiger partial charge in [-0.05, 0) is 44.4 Å². The maximum Gasteiger partial charge on any atom is 0.121 e. The summed E-state index contributed by atoms with van der Waals surface area (Å²) in [6, 6.07) is 2.55. The molecule has 0 aromatic carbocycles. The molecule has 2 atom stereocenters. The highest BCUT2D eigenvalue weighted by Crippen LogP contribution is 2.28. The highest BCUT2D eigenvalue weighted by Gasteiger charge is 2.21. The van der Waals surface area contributed by atoms with Crippen molar-refractivity contribution in [2.75, 3.05) is 6.54 Å². The van der Waals surface area contributed by atoms with Crippen molar-refractivity contribution < 1.29 is 4.42 Å². The predicted octanol–water partition coefficient (Wildman–Crippen LogP) is 4.37. The van der Waals surface area contributed by atoms with Crippen LogP contribution in [0.2, 0.25) is 0 Å². The van der Waals surface area contributed by atoms with E-state index >= 15 is 0 Å². The maximum atomic E-state index is 5.87. The van der Waals surface area contributed by atoms with Crippen LogP contribution in [-0.2, 0) is 0 Å². The Morgan fingerprint density at radius 3 is 2.47 bits per heavy atom. The van der Waals surface area contributed by atoms with Gasteiger partial charge < -0.3 is 9.73 Å². The molecule has 0 saturated carbocycles. The molecule has 0 aliphatic carbocycles. The molecule has 0 saturated heterocycles. The van der Waals surface area contributed by atoms with Crippen LogP contribution in [0.3, 0.4) is 0 Å². The lowest BCUT2D eigenvalue weighted by Crippen LogP contribution is -2.26. The van der Waals surface area contributed by atoms with Crippen LogP contribution in [0.15, 0.2) is 10.5 Å². The fourth-order valence-electron chi connectivity index (χ4n) is 2.25. The van der Waals surface area contributed by atoms with Crippen LogP contribution in [0.4, 0.5) is 0 Å². The first-order chi connectivity index (χ1) is 8.10. The average molecular weight is 237 g/mol. The van der Waals surface area contributed by atoms with Gasteiger partial charge in [-0.3, -0.25) is 0 Å². The van der Waals surface area contributed by atoms with Gasteiger partial charge >= 0.3 is 0 Å². The minimum Gasteiger partial charge on any atom is -0.464 e. The van der Waals surface area contributed by atoms with Crippen LogP contribution in [0.1, 0.15) is 63.2 Å². The molecular formula is C15H27NO. The number of hydrogen-bond donors (Lipinski definition) is 1. The predicted molar refractivity (Wildman–Crippen MR) is 73.3 cm³/mol. The van der Waals surface area contributed by atoms with E-state index in [-0.39, 0.29) is 0 Å². The lowest BCUT2D eigenvalue weighted by molar-refractivity contribution is 0.307. The lowest BCUT2D eigenvalue weighted by Gasteiger charge is -2.22. The molecule has 0 aliphatic rings. The van der Waals surface area contributed by atoms with Crippen molar-refractivity contribution >= 4 is 0 Å². The molecule has 0 aliphatic heterocycles. The zero-order chi connectivity index (χ0) is 12.8. The monoisotopic (exact) mass is 237 g/mol. The van der Waals surface area contributed by atoms with Gasteiger partial charge in [-0.2, -0.15) is 0 Å². The largest absolute Gasteiger partial charge is 0.464 e.